The minimum atomic E-state index is -0.00284. The van der Waals surface area contributed by atoms with Gasteiger partial charge in [0.2, 0.25) is 5.91 Å². The molecule has 0 bridgehead atoms. The number of amides is 1. The molecule has 1 atom stereocenters. The van der Waals surface area contributed by atoms with Crippen LogP contribution >= 0.6 is 0 Å². The number of ether oxygens (including phenoxy) is 1. The minimum absolute atomic E-state index is 0.00284. The van der Waals surface area contributed by atoms with E-state index in [2.05, 4.69) is 66.7 Å². The van der Waals surface area contributed by atoms with Crippen molar-refractivity contribution < 1.29 is 9.53 Å². The van der Waals surface area contributed by atoms with Gasteiger partial charge >= 0.3 is 0 Å². The van der Waals surface area contributed by atoms with Crippen LogP contribution < -0.4 is 10.1 Å². The van der Waals surface area contributed by atoms with Crippen molar-refractivity contribution in [2.24, 2.45) is 0 Å². The molecule has 4 aromatic rings. The Hall–Kier alpha value is -4.01. The summed E-state index contributed by atoms with van der Waals surface area (Å²) in [7, 11) is 1.69. The van der Waals surface area contributed by atoms with Crippen LogP contribution in [0, 0.1) is 0 Å². The van der Waals surface area contributed by atoms with Crippen LogP contribution in [0.1, 0.15) is 35.6 Å². The van der Waals surface area contributed by atoms with Crippen LogP contribution in [0.15, 0.2) is 85.3 Å². The molecule has 2 aromatic carbocycles. The quantitative estimate of drug-likeness (QED) is 0.372. The number of carbonyl (C=O) groups excluding carboxylic acids is 1. The number of carbonyl (C=O) groups is 1. The monoisotopic (exact) mass is 524 g/mol. The summed E-state index contributed by atoms with van der Waals surface area (Å²) in [5, 5.41) is 10.7. The highest BCUT2D eigenvalue weighted by atomic mass is 16.5. The molecule has 0 saturated carbocycles. The van der Waals surface area contributed by atoms with Gasteiger partial charge in [0.05, 0.1) is 19.0 Å². The number of para-hydroxylation sites is 1. The van der Waals surface area contributed by atoms with Gasteiger partial charge in [0.25, 0.3) is 0 Å². The summed E-state index contributed by atoms with van der Waals surface area (Å²) < 4.78 is 5.60. The second-order valence-electron chi connectivity index (χ2n) is 9.91. The van der Waals surface area contributed by atoms with Crippen molar-refractivity contribution in [3.63, 3.8) is 0 Å². The van der Waals surface area contributed by atoms with Gasteiger partial charge < -0.3 is 10.1 Å². The predicted molar refractivity (Wildman–Crippen MR) is 152 cm³/mol. The number of nitrogens with zero attached hydrogens (tertiary/aromatic N) is 4. The molecule has 8 nitrogen and oxygen atoms in total. The van der Waals surface area contributed by atoms with Gasteiger partial charge in [-0.1, -0.05) is 42.5 Å². The molecule has 2 aromatic heterocycles. The molecule has 8 heteroatoms. The average molecular weight is 525 g/mol. The normalized spacial score (nSPS) is 17.8. The van der Waals surface area contributed by atoms with Crippen LogP contribution in [-0.2, 0) is 17.9 Å². The van der Waals surface area contributed by atoms with E-state index >= 15 is 0 Å². The van der Waals surface area contributed by atoms with Gasteiger partial charge in [-0.2, -0.15) is 5.10 Å². The van der Waals surface area contributed by atoms with Gasteiger partial charge in [-0.25, -0.2) is 0 Å². The first-order valence-corrected chi connectivity index (χ1v) is 13.5. The van der Waals surface area contributed by atoms with Crippen LogP contribution in [0.2, 0.25) is 0 Å². The van der Waals surface area contributed by atoms with Crippen molar-refractivity contribution in [3.05, 3.63) is 102 Å². The Kier molecular flexibility index (Phi) is 8.98. The summed E-state index contributed by atoms with van der Waals surface area (Å²) in [5.41, 5.74) is 5.43. The lowest BCUT2D eigenvalue weighted by Gasteiger charge is -2.32. The summed E-state index contributed by atoms with van der Waals surface area (Å²) in [4.78, 5) is 22.2. The maximum Gasteiger partial charge on any atom is 0.221 e. The summed E-state index contributed by atoms with van der Waals surface area (Å²) in [6.45, 7) is 4.63. The second kappa shape index (κ2) is 13.2. The molecule has 1 aliphatic heterocycles. The van der Waals surface area contributed by atoms with Crippen LogP contribution in [-0.4, -0.2) is 64.2 Å². The number of pyridine rings is 1. The van der Waals surface area contributed by atoms with E-state index in [1.807, 2.05) is 48.9 Å². The standard InChI is InChI=1S/C31H36N6O2/c1-39-29-11-6-5-10-27(29)31-26(21-34-35-31)23-36-17-7-18-37(22-24-12-14-32-15-13-24)28(20-30(38)33-16-19-36)25-8-3-2-4-9-25/h2-6,8-15,21,28H,7,16-20,22-23H2,1H3,(H,33,38)(H,34,35). The molecule has 3 heterocycles. The Balaban J connectivity index is 1.36. The fraction of sp³-hybridized carbons (Fsp3) is 0.323. The lowest BCUT2D eigenvalue weighted by Crippen LogP contribution is -2.35. The van der Waals surface area contributed by atoms with Crippen molar-refractivity contribution in [1.82, 2.24) is 30.3 Å². The molecule has 2 N–H and O–H groups in total. The molecule has 0 aliphatic carbocycles. The van der Waals surface area contributed by atoms with Gasteiger partial charge in [0, 0.05) is 68.7 Å². The second-order valence-corrected chi connectivity index (χ2v) is 9.91. The Labute approximate surface area is 230 Å². The number of benzene rings is 2. The van der Waals surface area contributed by atoms with Crippen LogP contribution in [0.3, 0.4) is 0 Å². The van der Waals surface area contributed by atoms with Crippen LogP contribution in [0.4, 0.5) is 0 Å². The molecule has 202 valence electrons. The Morgan fingerprint density at radius 3 is 2.56 bits per heavy atom. The minimum Gasteiger partial charge on any atom is -0.496 e. The topological polar surface area (TPSA) is 86.4 Å². The molecule has 0 radical (unpaired) electrons. The fourth-order valence-corrected chi connectivity index (χ4v) is 5.33. The van der Waals surface area contributed by atoms with Crippen molar-refractivity contribution in [3.8, 4) is 17.0 Å². The third-order valence-electron chi connectivity index (χ3n) is 7.30. The zero-order valence-corrected chi connectivity index (χ0v) is 22.4. The molecule has 1 saturated heterocycles. The highest BCUT2D eigenvalue weighted by Crippen LogP contribution is 2.31. The molecule has 39 heavy (non-hydrogen) atoms. The molecule has 1 unspecified atom stereocenters. The lowest BCUT2D eigenvalue weighted by atomic mass is 10.00. The van der Waals surface area contributed by atoms with Crippen LogP contribution in [0.5, 0.6) is 5.75 Å². The summed E-state index contributed by atoms with van der Waals surface area (Å²) >= 11 is 0. The first kappa shape index (κ1) is 26.6. The van der Waals surface area contributed by atoms with E-state index in [1.54, 1.807) is 7.11 Å². The predicted octanol–water partition coefficient (Wildman–Crippen LogP) is 4.44. The summed E-state index contributed by atoms with van der Waals surface area (Å²) in [6.07, 6.45) is 6.96. The largest absolute Gasteiger partial charge is 0.496 e. The Morgan fingerprint density at radius 1 is 0.949 bits per heavy atom. The number of hydrogen-bond acceptors (Lipinski definition) is 6. The van der Waals surface area contributed by atoms with E-state index in [4.69, 9.17) is 4.74 Å². The van der Waals surface area contributed by atoms with Crippen molar-refractivity contribution in [2.45, 2.75) is 32.0 Å². The van der Waals surface area contributed by atoms with Crippen molar-refractivity contribution in [1.29, 1.82) is 0 Å². The highest BCUT2D eigenvalue weighted by molar-refractivity contribution is 5.76. The number of nitrogens with one attached hydrogen (secondary N) is 2. The van der Waals surface area contributed by atoms with E-state index < -0.39 is 0 Å². The molecule has 1 amide bonds. The maximum absolute atomic E-state index is 13.1. The number of hydrogen-bond donors (Lipinski definition) is 2. The van der Waals surface area contributed by atoms with Crippen molar-refractivity contribution >= 4 is 5.91 Å². The average Bonchev–Trinajstić information content (AvgIpc) is 3.43. The third kappa shape index (κ3) is 6.90. The smallest absolute Gasteiger partial charge is 0.221 e. The van der Waals surface area contributed by atoms with E-state index in [9.17, 15) is 4.79 Å². The number of aromatic amines is 1. The Morgan fingerprint density at radius 2 is 1.74 bits per heavy atom. The summed E-state index contributed by atoms with van der Waals surface area (Å²) in [6, 6.07) is 22.5. The van der Waals surface area contributed by atoms with E-state index in [0.29, 0.717) is 13.0 Å². The molecular weight excluding hydrogens is 488 g/mol. The first-order valence-electron chi connectivity index (χ1n) is 13.5. The van der Waals surface area contributed by atoms with Gasteiger partial charge in [-0.15, -0.1) is 0 Å². The van der Waals surface area contributed by atoms with E-state index in [1.165, 1.54) is 5.56 Å². The van der Waals surface area contributed by atoms with Crippen LogP contribution in [0.25, 0.3) is 11.3 Å². The molecule has 5 rings (SSSR count). The fourth-order valence-electron chi connectivity index (χ4n) is 5.33. The number of H-pyrrole nitrogens is 1. The number of rotatable bonds is 7. The zero-order chi connectivity index (χ0) is 26.9. The van der Waals surface area contributed by atoms with E-state index in [-0.39, 0.29) is 11.9 Å². The SMILES string of the molecule is COc1ccccc1-c1[nH]ncc1CN1CCCN(Cc2ccncc2)C(c2ccccc2)CC(=O)NCC1. The van der Waals surface area contributed by atoms with Gasteiger partial charge in [-0.3, -0.25) is 24.7 Å². The van der Waals surface area contributed by atoms with Gasteiger partial charge in [-0.05, 0) is 48.4 Å². The number of aromatic nitrogens is 3. The lowest BCUT2D eigenvalue weighted by molar-refractivity contribution is -0.122. The number of methoxy groups -OCH3 is 1. The molecular formula is C31H36N6O2. The summed E-state index contributed by atoms with van der Waals surface area (Å²) in [5.74, 6) is 0.884. The van der Waals surface area contributed by atoms with Crippen molar-refractivity contribution in [2.75, 3.05) is 33.3 Å². The Bertz CT molecular complexity index is 1330. The maximum atomic E-state index is 13.1. The highest BCUT2D eigenvalue weighted by Gasteiger charge is 2.25. The molecule has 1 fully saturated rings. The first-order chi connectivity index (χ1) is 19.2. The zero-order valence-electron chi connectivity index (χ0n) is 22.4. The van der Waals surface area contributed by atoms with E-state index in [0.717, 1.165) is 67.3 Å². The van der Waals surface area contributed by atoms with Gasteiger partial charge in [0.1, 0.15) is 5.75 Å². The molecule has 1 aliphatic rings. The molecule has 0 spiro atoms. The van der Waals surface area contributed by atoms with Gasteiger partial charge in [0.15, 0.2) is 0 Å². The third-order valence-corrected chi connectivity index (χ3v) is 7.30.